The Kier molecular flexibility index (Phi) is 5.68. The molecule has 3 rings (SSSR count). The largest absolute Gasteiger partial charge is 0.355 e. The number of aryl methyl sites for hydroxylation is 1. The molecule has 3 aromatic rings. The molecule has 0 fully saturated rings. The van der Waals surface area contributed by atoms with E-state index in [1.807, 2.05) is 13.2 Å². The Labute approximate surface area is 166 Å². The van der Waals surface area contributed by atoms with Crippen molar-refractivity contribution in [3.63, 3.8) is 0 Å². The van der Waals surface area contributed by atoms with Gasteiger partial charge in [0.25, 0.3) is 5.56 Å². The van der Waals surface area contributed by atoms with Crippen molar-refractivity contribution in [3.05, 3.63) is 50.9 Å². The van der Waals surface area contributed by atoms with E-state index in [0.29, 0.717) is 50.4 Å². The number of hydrogen-bond donors (Lipinski definition) is 1. The van der Waals surface area contributed by atoms with E-state index in [0.717, 1.165) is 6.42 Å². The molecule has 0 amide bonds. The van der Waals surface area contributed by atoms with Crippen LogP contribution >= 0.6 is 23.4 Å². The maximum atomic E-state index is 13.4. The van der Waals surface area contributed by atoms with Crippen molar-refractivity contribution in [1.82, 2.24) is 14.5 Å². The lowest BCUT2D eigenvalue weighted by Gasteiger charge is -2.16. The second kappa shape index (κ2) is 7.99. The number of hydrogen-bond acceptors (Lipinski definition) is 6. The summed E-state index contributed by atoms with van der Waals surface area (Å²) in [6, 6.07) is 9.12. The molecule has 0 spiro atoms. The molecule has 0 saturated heterocycles. The lowest BCUT2D eigenvalue weighted by molar-refractivity contribution is 0.899. The normalized spacial score (nSPS) is 10.8. The van der Waals surface area contributed by atoms with Gasteiger partial charge in [-0.2, -0.15) is 5.26 Å². The number of rotatable bonds is 5. The number of anilines is 1. The van der Waals surface area contributed by atoms with Crippen LogP contribution < -0.4 is 10.9 Å². The molecule has 0 radical (unpaired) electrons. The highest BCUT2D eigenvalue weighted by molar-refractivity contribution is 7.98. The van der Waals surface area contributed by atoms with E-state index in [1.54, 1.807) is 31.2 Å². The average molecular weight is 400 g/mol. The van der Waals surface area contributed by atoms with Gasteiger partial charge in [-0.05, 0) is 43.9 Å². The van der Waals surface area contributed by atoms with Crippen LogP contribution in [0.15, 0.2) is 34.1 Å². The number of thioether (sulfide) groups is 1. The maximum Gasteiger partial charge on any atom is 0.269 e. The Balaban J connectivity index is 2.43. The number of benzene rings is 1. The zero-order valence-electron chi connectivity index (χ0n) is 15.2. The van der Waals surface area contributed by atoms with E-state index in [9.17, 15) is 10.1 Å². The predicted molar refractivity (Wildman–Crippen MR) is 110 cm³/mol. The van der Waals surface area contributed by atoms with Crippen LogP contribution in [-0.4, -0.2) is 27.3 Å². The molecule has 0 atom stereocenters. The summed E-state index contributed by atoms with van der Waals surface area (Å²) in [5.74, 6) is 0.394. The molecule has 0 aliphatic carbocycles. The third kappa shape index (κ3) is 3.51. The molecule has 0 aliphatic heterocycles. The van der Waals surface area contributed by atoms with Gasteiger partial charge in [0.15, 0.2) is 0 Å². The Bertz CT molecular complexity index is 1100. The summed E-state index contributed by atoms with van der Waals surface area (Å²) in [5.41, 5.74) is 1.63. The molecule has 2 heterocycles. The molecule has 6 nitrogen and oxygen atoms in total. The van der Waals surface area contributed by atoms with E-state index >= 15 is 0 Å². The van der Waals surface area contributed by atoms with Gasteiger partial charge in [-0.3, -0.25) is 4.79 Å². The first-order valence-corrected chi connectivity index (χ1v) is 10.0. The maximum absolute atomic E-state index is 13.4. The Morgan fingerprint density at radius 1 is 1.30 bits per heavy atom. The van der Waals surface area contributed by atoms with Gasteiger partial charge in [-0.1, -0.05) is 18.5 Å². The number of nitrogens with zero attached hydrogens (tertiary/aromatic N) is 4. The van der Waals surface area contributed by atoms with Crippen LogP contribution in [0.3, 0.4) is 0 Å². The third-order valence-corrected chi connectivity index (χ3v) is 5.02. The Hall–Kier alpha value is -2.56. The smallest absolute Gasteiger partial charge is 0.269 e. The van der Waals surface area contributed by atoms with E-state index in [2.05, 4.69) is 21.4 Å². The van der Waals surface area contributed by atoms with Crippen LogP contribution in [-0.2, 0) is 0 Å². The summed E-state index contributed by atoms with van der Waals surface area (Å²) >= 11 is 7.35. The van der Waals surface area contributed by atoms with Crippen molar-refractivity contribution in [2.24, 2.45) is 0 Å². The minimum Gasteiger partial charge on any atom is -0.355 e. The zero-order valence-corrected chi connectivity index (χ0v) is 16.8. The van der Waals surface area contributed by atoms with Crippen molar-refractivity contribution >= 4 is 40.2 Å². The molecule has 1 N–H and O–H groups in total. The fraction of sp³-hybridized carbons (Fsp3) is 0.263. The summed E-state index contributed by atoms with van der Waals surface area (Å²) in [6.45, 7) is 4.43. The summed E-state index contributed by atoms with van der Waals surface area (Å²) in [5, 5.41) is 14.3. The van der Waals surface area contributed by atoms with E-state index in [-0.39, 0.29) is 5.56 Å². The van der Waals surface area contributed by atoms with E-state index in [4.69, 9.17) is 11.6 Å². The molecule has 1 aromatic carbocycles. The Morgan fingerprint density at radius 3 is 2.59 bits per heavy atom. The molecule has 0 saturated carbocycles. The van der Waals surface area contributed by atoms with Crippen LogP contribution in [0.1, 0.15) is 24.6 Å². The third-order valence-electron chi connectivity index (χ3n) is 4.09. The second-order valence-corrected chi connectivity index (χ2v) is 7.13. The van der Waals surface area contributed by atoms with Crippen molar-refractivity contribution in [2.45, 2.75) is 25.3 Å². The second-order valence-electron chi connectivity index (χ2n) is 5.90. The summed E-state index contributed by atoms with van der Waals surface area (Å²) < 4.78 is 1.50. The van der Waals surface area contributed by atoms with Crippen LogP contribution in [0.5, 0.6) is 0 Å². The van der Waals surface area contributed by atoms with Crippen LogP contribution in [0.25, 0.3) is 16.6 Å². The van der Waals surface area contributed by atoms with Gasteiger partial charge < -0.3 is 5.32 Å². The average Bonchev–Trinajstić information content (AvgIpc) is 2.66. The number of fused-ring (bicyclic) bond motifs is 1. The van der Waals surface area contributed by atoms with Crippen LogP contribution in [0.4, 0.5) is 5.95 Å². The van der Waals surface area contributed by atoms with Gasteiger partial charge in [0, 0.05) is 11.6 Å². The lowest BCUT2D eigenvalue weighted by atomic mass is 10.1. The van der Waals surface area contributed by atoms with Gasteiger partial charge in [-0.15, -0.1) is 11.8 Å². The van der Waals surface area contributed by atoms with Crippen molar-refractivity contribution in [2.75, 3.05) is 18.1 Å². The van der Waals surface area contributed by atoms with E-state index in [1.165, 1.54) is 16.3 Å². The fourth-order valence-electron chi connectivity index (χ4n) is 2.83. The molecule has 27 heavy (non-hydrogen) atoms. The number of nitrogens with one attached hydrogen (secondary N) is 1. The van der Waals surface area contributed by atoms with Gasteiger partial charge in [-0.25, -0.2) is 14.5 Å². The standard InChI is InChI=1S/C19H18ClN5OS/c1-4-9-22-19-24-16-14(10-21)17(27-3)23-11(2)15(16)18(26)25(19)13-7-5-12(20)6-8-13/h5-8H,4,9H2,1-3H3,(H,22,24). The molecule has 2 aromatic heterocycles. The van der Waals surface area contributed by atoms with Crippen molar-refractivity contribution in [1.29, 1.82) is 5.26 Å². The highest BCUT2D eigenvalue weighted by atomic mass is 35.5. The quantitative estimate of drug-likeness (QED) is 0.648. The molecule has 0 unspecified atom stereocenters. The summed E-state index contributed by atoms with van der Waals surface area (Å²) in [7, 11) is 0. The SMILES string of the molecule is CCCNc1nc2c(C#N)c(SC)nc(C)c2c(=O)n1-c1ccc(Cl)cc1. The lowest BCUT2D eigenvalue weighted by Crippen LogP contribution is -2.25. The fourth-order valence-corrected chi connectivity index (χ4v) is 3.53. The summed E-state index contributed by atoms with van der Waals surface area (Å²) in [6.07, 6.45) is 2.71. The van der Waals surface area contributed by atoms with Crippen LogP contribution in [0.2, 0.25) is 5.02 Å². The number of pyridine rings is 1. The van der Waals surface area contributed by atoms with Gasteiger partial charge >= 0.3 is 0 Å². The molecular formula is C19H18ClN5OS. The first-order valence-electron chi connectivity index (χ1n) is 8.43. The highest BCUT2D eigenvalue weighted by Gasteiger charge is 2.20. The van der Waals surface area contributed by atoms with Gasteiger partial charge in [0.1, 0.15) is 22.2 Å². The highest BCUT2D eigenvalue weighted by Crippen LogP contribution is 2.27. The molecule has 0 bridgehead atoms. The number of aromatic nitrogens is 3. The molecular weight excluding hydrogens is 382 g/mol. The van der Waals surface area contributed by atoms with Crippen LogP contribution in [0, 0.1) is 18.3 Å². The van der Waals surface area contributed by atoms with Gasteiger partial charge in [0.2, 0.25) is 5.95 Å². The first-order chi connectivity index (χ1) is 13.0. The van der Waals surface area contributed by atoms with Crippen molar-refractivity contribution in [3.8, 4) is 11.8 Å². The summed E-state index contributed by atoms with van der Waals surface area (Å²) in [4.78, 5) is 22.5. The molecule has 0 aliphatic rings. The monoisotopic (exact) mass is 399 g/mol. The number of halogens is 1. The van der Waals surface area contributed by atoms with Gasteiger partial charge in [0.05, 0.1) is 16.8 Å². The molecule has 8 heteroatoms. The predicted octanol–water partition coefficient (Wildman–Crippen LogP) is 4.16. The van der Waals surface area contributed by atoms with Crippen molar-refractivity contribution < 1.29 is 0 Å². The van der Waals surface area contributed by atoms with E-state index < -0.39 is 0 Å². The Morgan fingerprint density at radius 2 is 2.00 bits per heavy atom. The zero-order chi connectivity index (χ0) is 19.6. The number of nitriles is 1. The molecule has 138 valence electrons. The topological polar surface area (TPSA) is 83.6 Å². The minimum absolute atomic E-state index is 0.268. The first kappa shape index (κ1) is 19.2. The minimum atomic E-state index is -0.268.